The third-order valence-electron chi connectivity index (χ3n) is 2.28. The van der Waals surface area contributed by atoms with E-state index in [2.05, 4.69) is 10.5 Å². The first-order valence-electron chi connectivity index (χ1n) is 4.36. The zero-order valence-corrected chi connectivity index (χ0v) is 8.46. The molecule has 0 aromatic rings. The molecule has 2 atom stereocenters. The minimum Gasteiger partial charge on any atom is -0.391 e. The van der Waals surface area contributed by atoms with Crippen LogP contribution >= 0.6 is 0 Å². The van der Waals surface area contributed by atoms with Crippen molar-refractivity contribution >= 4 is 11.6 Å². The predicted molar refractivity (Wildman–Crippen MR) is 50.2 cm³/mol. The molecule has 1 rings (SSSR count). The van der Waals surface area contributed by atoms with Crippen molar-refractivity contribution in [1.29, 1.82) is 0 Å². The fourth-order valence-electron chi connectivity index (χ4n) is 1.34. The average Bonchev–Trinajstić information content (AvgIpc) is 2.28. The Kier molecular flexibility index (Phi) is 2.43. The summed E-state index contributed by atoms with van der Waals surface area (Å²) in [5, 5.41) is 13.7. The van der Waals surface area contributed by atoms with E-state index in [1.807, 2.05) is 20.8 Å². The van der Waals surface area contributed by atoms with Gasteiger partial charge in [-0.2, -0.15) is 5.10 Å². The molecule has 0 fully saturated rings. The van der Waals surface area contributed by atoms with Crippen molar-refractivity contribution in [2.45, 2.75) is 33.8 Å². The molecule has 0 aliphatic carbocycles. The van der Waals surface area contributed by atoms with Crippen molar-refractivity contribution in [2.24, 2.45) is 16.4 Å². The summed E-state index contributed by atoms with van der Waals surface area (Å²) in [5.74, 6) is -0.695. The summed E-state index contributed by atoms with van der Waals surface area (Å²) >= 11 is 0. The number of carbonyl (C=O) groups excluding carboxylic acids is 1. The number of hydrogen-bond acceptors (Lipinski definition) is 3. The molecule has 0 bridgehead atoms. The first-order chi connectivity index (χ1) is 5.84. The molecule has 0 saturated heterocycles. The topological polar surface area (TPSA) is 61.7 Å². The van der Waals surface area contributed by atoms with Gasteiger partial charge in [0.15, 0.2) is 0 Å². The van der Waals surface area contributed by atoms with Crippen LogP contribution in [0.3, 0.4) is 0 Å². The van der Waals surface area contributed by atoms with E-state index >= 15 is 0 Å². The van der Waals surface area contributed by atoms with Crippen molar-refractivity contribution in [3.05, 3.63) is 0 Å². The Hall–Kier alpha value is -0.900. The van der Waals surface area contributed by atoms with Gasteiger partial charge in [-0.3, -0.25) is 4.79 Å². The van der Waals surface area contributed by atoms with Gasteiger partial charge < -0.3 is 5.11 Å². The highest BCUT2D eigenvalue weighted by atomic mass is 16.3. The van der Waals surface area contributed by atoms with Gasteiger partial charge in [-0.15, -0.1) is 0 Å². The molecular weight excluding hydrogens is 168 g/mol. The van der Waals surface area contributed by atoms with Gasteiger partial charge in [-0.05, 0) is 12.3 Å². The van der Waals surface area contributed by atoms with E-state index in [0.29, 0.717) is 5.71 Å². The fourth-order valence-corrected chi connectivity index (χ4v) is 1.34. The third kappa shape index (κ3) is 1.88. The second-order valence-electron chi connectivity index (χ2n) is 4.52. The Balaban J connectivity index is 2.83. The lowest BCUT2D eigenvalue weighted by Crippen LogP contribution is -2.41. The third-order valence-corrected chi connectivity index (χ3v) is 2.28. The zero-order chi connectivity index (χ0) is 10.2. The minimum atomic E-state index is -0.682. The van der Waals surface area contributed by atoms with Gasteiger partial charge in [-0.1, -0.05) is 20.8 Å². The number of carbonyl (C=O) groups is 1. The van der Waals surface area contributed by atoms with Crippen LogP contribution in [0.15, 0.2) is 5.10 Å². The van der Waals surface area contributed by atoms with Crippen molar-refractivity contribution in [1.82, 2.24) is 5.43 Å². The molecule has 1 aliphatic heterocycles. The second-order valence-corrected chi connectivity index (χ2v) is 4.52. The van der Waals surface area contributed by atoms with Gasteiger partial charge in [0.05, 0.1) is 11.8 Å². The lowest BCUT2D eigenvalue weighted by Gasteiger charge is -2.29. The summed E-state index contributed by atoms with van der Waals surface area (Å²) in [4.78, 5) is 11.3. The lowest BCUT2D eigenvalue weighted by atomic mass is 9.79. The standard InChI is InChI=1S/C9H16N2O2/c1-5-6(8(13)11-10-5)7(12)9(2,3)4/h6-7,12H,1-4H3,(H,11,13). The fraction of sp³-hybridized carbons (Fsp3) is 0.778. The summed E-state index contributed by atoms with van der Waals surface area (Å²) in [7, 11) is 0. The molecule has 1 aliphatic rings. The summed E-state index contributed by atoms with van der Waals surface area (Å²) in [6, 6.07) is 0. The van der Waals surface area contributed by atoms with Crippen molar-refractivity contribution in [3.63, 3.8) is 0 Å². The molecule has 0 aromatic heterocycles. The summed E-state index contributed by atoms with van der Waals surface area (Å²) in [6.45, 7) is 7.45. The van der Waals surface area contributed by atoms with Gasteiger partial charge >= 0.3 is 0 Å². The highest BCUT2D eigenvalue weighted by Gasteiger charge is 2.39. The molecule has 4 nitrogen and oxygen atoms in total. The Labute approximate surface area is 78.0 Å². The highest BCUT2D eigenvalue weighted by Crippen LogP contribution is 2.27. The van der Waals surface area contributed by atoms with E-state index in [9.17, 15) is 9.90 Å². The van der Waals surface area contributed by atoms with Crippen molar-refractivity contribution in [2.75, 3.05) is 0 Å². The van der Waals surface area contributed by atoms with E-state index in [1.54, 1.807) is 6.92 Å². The van der Waals surface area contributed by atoms with E-state index in [4.69, 9.17) is 0 Å². The van der Waals surface area contributed by atoms with E-state index < -0.39 is 12.0 Å². The molecule has 1 amide bonds. The first kappa shape index (κ1) is 10.2. The zero-order valence-electron chi connectivity index (χ0n) is 8.46. The molecule has 0 saturated carbocycles. The lowest BCUT2D eigenvalue weighted by molar-refractivity contribution is -0.126. The van der Waals surface area contributed by atoms with Gasteiger partial charge in [0.1, 0.15) is 5.92 Å². The Morgan fingerprint density at radius 1 is 1.54 bits per heavy atom. The molecule has 0 spiro atoms. The molecule has 4 heteroatoms. The van der Waals surface area contributed by atoms with Gasteiger partial charge in [0, 0.05) is 0 Å². The Bertz CT molecular complexity index is 253. The van der Waals surface area contributed by atoms with Crippen LogP contribution in [0.5, 0.6) is 0 Å². The monoisotopic (exact) mass is 184 g/mol. The number of nitrogens with zero attached hydrogens (tertiary/aromatic N) is 1. The number of hydrogen-bond donors (Lipinski definition) is 2. The van der Waals surface area contributed by atoms with Crippen LogP contribution in [-0.4, -0.2) is 22.8 Å². The number of aliphatic hydroxyl groups is 1. The molecule has 0 aromatic carbocycles. The molecule has 1 heterocycles. The smallest absolute Gasteiger partial charge is 0.251 e. The van der Waals surface area contributed by atoms with E-state index in [-0.39, 0.29) is 11.3 Å². The summed E-state index contributed by atoms with van der Waals surface area (Å²) in [5.41, 5.74) is 2.72. The molecule has 2 unspecified atom stereocenters. The van der Waals surface area contributed by atoms with Gasteiger partial charge in [0.25, 0.3) is 5.91 Å². The molecule has 74 valence electrons. The van der Waals surface area contributed by atoms with Crippen LogP contribution in [0, 0.1) is 11.3 Å². The normalized spacial score (nSPS) is 25.5. The van der Waals surface area contributed by atoms with Gasteiger partial charge in [0.2, 0.25) is 0 Å². The van der Waals surface area contributed by atoms with Crippen LogP contribution in [0.1, 0.15) is 27.7 Å². The molecular formula is C9H16N2O2. The largest absolute Gasteiger partial charge is 0.391 e. The van der Waals surface area contributed by atoms with Gasteiger partial charge in [-0.25, -0.2) is 5.43 Å². The highest BCUT2D eigenvalue weighted by molar-refractivity contribution is 6.07. The van der Waals surface area contributed by atoms with Crippen LogP contribution in [0.25, 0.3) is 0 Å². The maximum atomic E-state index is 11.3. The number of rotatable bonds is 1. The van der Waals surface area contributed by atoms with Crippen LogP contribution < -0.4 is 5.43 Å². The maximum absolute atomic E-state index is 11.3. The number of aliphatic hydroxyl groups excluding tert-OH is 1. The summed E-state index contributed by atoms with van der Waals surface area (Å²) in [6.07, 6.45) is -0.682. The number of hydrazone groups is 1. The summed E-state index contributed by atoms with van der Waals surface area (Å²) < 4.78 is 0. The predicted octanol–water partition coefficient (Wildman–Crippen LogP) is 0.515. The quantitative estimate of drug-likeness (QED) is 0.624. The van der Waals surface area contributed by atoms with Crippen LogP contribution in [0.2, 0.25) is 0 Å². The second kappa shape index (κ2) is 3.10. The van der Waals surface area contributed by atoms with E-state index in [1.165, 1.54) is 0 Å². The number of amides is 1. The first-order valence-corrected chi connectivity index (χ1v) is 4.36. The SMILES string of the molecule is CC1=NNC(=O)C1C(O)C(C)(C)C. The number of nitrogens with one attached hydrogen (secondary N) is 1. The Morgan fingerprint density at radius 3 is 2.38 bits per heavy atom. The van der Waals surface area contributed by atoms with E-state index in [0.717, 1.165) is 0 Å². The molecule has 2 N–H and O–H groups in total. The van der Waals surface area contributed by atoms with Crippen LogP contribution in [-0.2, 0) is 4.79 Å². The minimum absolute atomic E-state index is 0.208. The van der Waals surface area contributed by atoms with Crippen LogP contribution in [0.4, 0.5) is 0 Å². The van der Waals surface area contributed by atoms with Crippen molar-refractivity contribution in [3.8, 4) is 0 Å². The van der Waals surface area contributed by atoms with Crippen molar-refractivity contribution < 1.29 is 9.90 Å². The maximum Gasteiger partial charge on any atom is 0.251 e. The average molecular weight is 184 g/mol. The Morgan fingerprint density at radius 2 is 2.08 bits per heavy atom. The molecule has 13 heavy (non-hydrogen) atoms. The molecule has 0 radical (unpaired) electrons.